The number of fused-ring (bicyclic) bond motifs is 1. The van der Waals surface area contributed by atoms with Crippen LogP contribution in [0, 0.1) is 0 Å². The third-order valence-corrected chi connectivity index (χ3v) is 2.04. The first-order chi connectivity index (χ1) is 5.36. The molecule has 0 aromatic rings. The minimum Gasteiger partial charge on any atom is -0.332 e. The van der Waals surface area contributed by atoms with Gasteiger partial charge in [-0.1, -0.05) is 6.08 Å². The lowest BCUT2D eigenvalue weighted by atomic mass is 10.2. The van der Waals surface area contributed by atoms with E-state index >= 15 is 0 Å². The molecule has 2 aliphatic heterocycles. The van der Waals surface area contributed by atoms with Crippen LogP contribution in [0.3, 0.4) is 0 Å². The summed E-state index contributed by atoms with van der Waals surface area (Å²) in [6, 6.07) is 0. The maximum Gasteiger partial charge on any atom is 0.127 e. The summed E-state index contributed by atoms with van der Waals surface area (Å²) in [5.74, 6) is 1.03. The largest absolute Gasteiger partial charge is 0.332 e. The Morgan fingerprint density at radius 1 is 1.55 bits per heavy atom. The van der Waals surface area contributed by atoms with Crippen molar-refractivity contribution >= 4 is 17.4 Å². The fourth-order valence-electron chi connectivity index (χ4n) is 1.23. The highest BCUT2D eigenvalue weighted by molar-refractivity contribution is 6.21. The number of aliphatic imine (C=N–C) groups is 1. The van der Waals surface area contributed by atoms with Crippen molar-refractivity contribution in [3.05, 3.63) is 24.4 Å². The fourth-order valence-corrected chi connectivity index (χ4v) is 1.45. The molecule has 0 aliphatic carbocycles. The van der Waals surface area contributed by atoms with Crippen LogP contribution in [-0.2, 0) is 0 Å². The van der Waals surface area contributed by atoms with Gasteiger partial charge in [0.1, 0.15) is 5.84 Å². The second-order valence-corrected chi connectivity index (χ2v) is 3.27. The summed E-state index contributed by atoms with van der Waals surface area (Å²) in [4.78, 5) is 6.38. The summed E-state index contributed by atoms with van der Waals surface area (Å²) in [6.07, 6.45) is 7.99. The number of nitrogens with zero attached hydrogens (tertiary/aromatic N) is 2. The number of halogens is 1. The zero-order valence-corrected chi connectivity index (χ0v) is 6.83. The van der Waals surface area contributed by atoms with Gasteiger partial charge in [-0.2, -0.15) is 0 Å². The van der Waals surface area contributed by atoms with E-state index < -0.39 is 0 Å². The lowest BCUT2D eigenvalue weighted by molar-refractivity contribution is 0.514. The molecule has 0 amide bonds. The lowest BCUT2D eigenvalue weighted by Crippen LogP contribution is -2.37. The molecule has 0 fully saturated rings. The van der Waals surface area contributed by atoms with Gasteiger partial charge < -0.3 is 4.90 Å². The highest BCUT2D eigenvalue weighted by Gasteiger charge is 2.18. The van der Waals surface area contributed by atoms with Crippen LogP contribution in [0.5, 0.6) is 0 Å². The SMILES string of the molecule is ClC1CN=C2C=CC=CN2C1. The van der Waals surface area contributed by atoms with Gasteiger partial charge in [0.2, 0.25) is 0 Å². The molecule has 1 atom stereocenters. The Labute approximate surface area is 70.9 Å². The average Bonchev–Trinajstić information content (AvgIpc) is 2.04. The highest BCUT2D eigenvalue weighted by atomic mass is 35.5. The molecule has 0 aromatic carbocycles. The van der Waals surface area contributed by atoms with Crippen molar-refractivity contribution in [2.45, 2.75) is 5.38 Å². The molecule has 58 valence electrons. The number of amidine groups is 1. The summed E-state index contributed by atoms with van der Waals surface area (Å²) in [7, 11) is 0. The molecule has 0 saturated carbocycles. The predicted octanol–water partition coefficient (Wildman–Crippen LogP) is 1.39. The van der Waals surface area contributed by atoms with E-state index in [2.05, 4.69) is 9.89 Å². The molecule has 2 aliphatic rings. The average molecular weight is 169 g/mol. The van der Waals surface area contributed by atoms with Gasteiger partial charge in [0, 0.05) is 12.7 Å². The molecule has 0 bridgehead atoms. The normalized spacial score (nSPS) is 28.3. The molecule has 2 rings (SSSR count). The van der Waals surface area contributed by atoms with Crippen molar-refractivity contribution in [1.82, 2.24) is 4.90 Å². The molecule has 11 heavy (non-hydrogen) atoms. The van der Waals surface area contributed by atoms with E-state index in [1.165, 1.54) is 0 Å². The Bertz CT molecular complexity index is 242. The molecular formula is C8H9ClN2. The minimum absolute atomic E-state index is 0.162. The quantitative estimate of drug-likeness (QED) is 0.500. The van der Waals surface area contributed by atoms with Crippen LogP contribution in [0.25, 0.3) is 0 Å². The Morgan fingerprint density at radius 3 is 3.36 bits per heavy atom. The van der Waals surface area contributed by atoms with E-state index in [0.717, 1.165) is 18.9 Å². The molecule has 0 aromatic heterocycles. The van der Waals surface area contributed by atoms with Gasteiger partial charge >= 0.3 is 0 Å². The lowest BCUT2D eigenvalue weighted by Gasteiger charge is -2.28. The second-order valence-electron chi connectivity index (χ2n) is 2.65. The number of allylic oxidation sites excluding steroid dienone is 2. The molecule has 0 spiro atoms. The van der Waals surface area contributed by atoms with Crippen molar-refractivity contribution in [2.75, 3.05) is 13.1 Å². The van der Waals surface area contributed by atoms with Crippen molar-refractivity contribution in [3.8, 4) is 0 Å². The first-order valence-electron chi connectivity index (χ1n) is 3.66. The summed E-state index contributed by atoms with van der Waals surface area (Å²) in [5.41, 5.74) is 0. The van der Waals surface area contributed by atoms with Gasteiger partial charge in [0.05, 0.1) is 11.9 Å². The van der Waals surface area contributed by atoms with Crippen molar-refractivity contribution < 1.29 is 0 Å². The van der Waals surface area contributed by atoms with E-state index in [9.17, 15) is 0 Å². The zero-order valence-electron chi connectivity index (χ0n) is 6.07. The van der Waals surface area contributed by atoms with Crippen molar-refractivity contribution in [2.24, 2.45) is 4.99 Å². The van der Waals surface area contributed by atoms with Crippen LogP contribution in [0.1, 0.15) is 0 Å². The van der Waals surface area contributed by atoms with Crippen LogP contribution < -0.4 is 0 Å². The van der Waals surface area contributed by atoms with Gasteiger partial charge in [-0.25, -0.2) is 0 Å². The maximum atomic E-state index is 5.93. The number of hydrogen-bond acceptors (Lipinski definition) is 2. The van der Waals surface area contributed by atoms with Crippen LogP contribution >= 0.6 is 11.6 Å². The van der Waals surface area contributed by atoms with Crippen LogP contribution in [-0.4, -0.2) is 29.2 Å². The smallest absolute Gasteiger partial charge is 0.127 e. The van der Waals surface area contributed by atoms with Gasteiger partial charge in [-0.05, 0) is 12.2 Å². The third-order valence-electron chi connectivity index (χ3n) is 1.76. The Hall–Kier alpha value is -0.760. The number of alkyl halides is 1. The minimum atomic E-state index is 0.162. The zero-order chi connectivity index (χ0) is 7.68. The first-order valence-corrected chi connectivity index (χ1v) is 4.10. The molecule has 0 N–H and O–H groups in total. The maximum absolute atomic E-state index is 5.93. The summed E-state index contributed by atoms with van der Waals surface area (Å²) in [6.45, 7) is 1.62. The fraction of sp³-hybridized carbons (Fsp3) is 0.375. The van der Waals surface area contributed by atoms with Crippen LogP contribution in [0.2, 0.25) is 0 Å². The molecule has 2 heterocycles. The van der Waals surface area contributed by atoms with Crippen molar-refractivity contribution in [3.63, 3.8) is 0 Å². The van der Waals surface area contributed by atoms with E-state index in [1.807, 2.05) is 24.4 Å². The van der Waals surface area contributed by atoms with E-state index in [1.54, 1.807) is 0 Å². The number of rotatable bonds is 0. The number of hydrogen-bond donors (Lipinski definition) is 0. The summed E-state index contributed by atoms with van der Waals surface area (Å²) >= 11 is 5.93. The van der Waals surface area contributed by atoms with Gasteiger partial charge in [-0.15, -0.1) is 11.6 Å². The highest BCUT2D eigenvalue weighted by Crippen LogP contribution is 2.12. The molecule has 0 saturated heterocycles. The second kappa shape index (κ2) is 2.70. The van der Waals surface area contributed by atoms with E-state index in [4.69, 9.17) is 11.6 Å². The van der Waals surface area contributed by atoms with E-state index in [0.29, 0.717) is 0 Å². The molecular weight excluding hydrogens is 160 g/mol. The summed E-state index contributed by atoms with van der Waals surface area (Å²) in [5, 5.41) is 0.162. The van der Waals surface area contributed by atoms with Gasteiger partial charge in [0.15, 0.2) is 0 Å². The van der Waals surface area contributed by atoms with Crippen molar-refractivity contribution in [1.29, 1.82) is 0 Å². The monoisotopic (exact) mass is 168 g/mol. The first kappa shape index (κ1) is 6.92. The molecule has 1 unspecified atom stereocenters. The predicted molar refractivity (Wildman–Crippen MR) is 46.9 cm³/mol. The van der Waals surface area contributed by atoms with Crippen LogP contribution in [0.4, 0.5) is 0 Å². The molecule has 3 heteroatoms. The topological polar surface area (TPSA) is 15.6 Å². The summed E-state index contributed by atoms with van der Waals surface area (Å²) < 4.78 is 0. The van der Waals surface area contributed by atoms with Gasteiger partial charge in [0.25, 0.3) is 0 Å². The standard InChI is InChI=1S/C8H9ClN2/c9-7-5-10-8-3-1-2-4-11(8)6-7/h1-4,7H,5-6H2. The van der Waals surface area contributed by atoms with E-state index in [-0.39, 0.29) is 5.38 Å². The molecule has 0 radical (unpaired) electrons. The van der Waals surface area contributed by atoms with Crippen LogP contribution in [0.15, 0.2) is 29.4 Å². The Kier molecular flexibility index (Phi) is 1.70. The molecule has 2 nitrogen and oxygen atoms in total. The van der Waals surface area contributed by atoms with Gasteiger partial charge in [-0.3, -0.25) is 4.99 Å². The third kappa shape index (κ3) is 1.31. The Balaban J connectivity index is 2.23. The Morgan fingerprint density at radius 2 is 2.45 bits per heavy atom.